The minimum atomic E-state index is -0.209. The van der Waals surface area contributed by atoms with E-state index in [0.717, 1.165) is 44.9 Å². The third kappa shape index (κ3) is 5.55. The molecule has 24 heavy (non-hydrogen) atoms. The lowest BCUT2D eigenvalue weighted by Gasteiger charge is -2.34. The summed E-state index contributed by atoms with van der Waals surface area (Å²) in [5.41, 5.74) is 9.30. The van der Waals surface area contributed by atoms with E-state index in [-0.39, 0.29) is 5.91 Å². The fourth-order valence-electron chi connectivity index (χ4n) is 3.57. The summed E-state index contributed by atoms with van der Waals surface area (Å²) in [6.07, 6.45) is 3.59. The number of benzene rings is 1. The highest BCUT2D eigenvalue weighted by molar-refractivity contribution is 5.80. The number of hydrogen-bond donors (Lipinski definition) is 2. The van der Waals surface area contributed by atoms with Crippen LogP contribution in [0.4, 0.5) is 0 Å². The lowest BCUT2D eigenvalue weighted by atomic mass is 9.95. The van der Waals surface area contributed by atoms with Gasteiger partial charge in [0, 0.05) is 33.1 Å². The Morgan fingerprint density at radius 1 is 1.33 bits per heavy atom. The zero-order valence-electron chi connectivity index (χ0n) is 15.1. The van der Waals surface area contributed by atoms with Crippen molar-refractivity contribution in [2.24, 2.45) is 16.6 Å². The summed E-state index contributed by atoms with van der Waals surface area (Å²) in [6, 6.07) is 6.67. The molecule has 0 aromatic heterocycles. The minimum Gasteiger partial charge on any atom is -0.370 e. The van der Waals surface area contributed by atoms with Crippen molar-refractivity contribution in [3.63, 3.8) is 0 Å². The SMILES string of the molecule is CN=C(NCCc1cc(C)cc(C)c1)N1CCCC(CC(N)=O)C1. The first-order valence-electron chi connectivity index (χ1n) is 8.79. The normalized spacial score (nSPS) is 18.5. The quantitative estimate of drug-likeness (QED) is 0.641. The van der Waals surface area contributed by atoms with Gasteiger partial charge >= 0.3 is 0 Å². The molecular formula is C19H30N4O. The smallest absolute Gasteiger partial charge is 0.217 e. The molecule has 2 rings (SSSR count). The Morgan fingerprint density at radius 2 is 2.04 bits per heavy atom. The van der Waals surface area contributed by atoms with Crippen LogP contribution >= 0.6 is 0 Å². The van der Waals surface area contributed by atoms with Crippen molar-refractivity contribution in [1.82, 2.24) is 10.2 Å². The molecule has 0 bridgehead atoms. The van der Waals surface area contributed by atoms with Crippen LogP contribution in [0.25, 0.3) is 0 Å². The molecule has 0 saturated carbocycles. The topological polar surface area (TPSA) is 70.7 Å². The largest absolute Gasteiger partial charge is 0.370 e. The second-order valence-corrected chi connectivity index (χ2v) is 6.84. The van der Waals surface area contributed by atoms with Crippen molar-refractivity contribution in [2.45, 2.75) is 39.5 Å². The van der Waals surface area contributed by atoms with E-state index in [1.807, 2.05) is 7.05 Å². The predicted molar refractivity (Wildman–Crippen MR) is 99.1 cm³/mol. The number of primary amides is 1. The highest BCUT2D eigenvalue weighted by Crippen LogP contribution is 2.19. The summed E-state index contributed by atoms with van der Waals surface area (Å²) in [6.45, 7) is 6.96. The highest BCUT2D eigenvalue weighted by Gasteiger charge is 2.23. The number of carbonyl (C=O) groups is 1. The van der Waals surface area contributed by atoms with E-state index < -0.39 is 0 Å². The molecule has 5 nitrogen and oxygen atoms in total. The van der Waals surface area contributed by atoms with Gasteiger partial charge in [0.05, 0.1) is 0 Å². The second-order valence-electron chi connectivity index (χ2n) is 6.84. The van der Waals surface area contributed by atoms with Gasteiger partial charge in [-0.3, -0.25) is 9.79 Å². The molecule has 1 fully saturated rings. The van der Waals surface area contributed by atoms with Gasteiger partial charge in [0.15, 0.2) is 5.96 Å². The van der Waals surface area contributed by atoms with Crippen LogP contribution in [0.3, 0.4) is 0 Å². The number of likely N-dealkylation sites (tertiary alicyclic amines) is 1. The zero-order valence-corrected chi connectivity index (χ0v) is 15.1. The molecule has 1 unspecified atom stereocenters. The van der Waals surface area contributed by atoms with Crippen LogP contribution in [0.2, 0.25) is 0 Å². The number of hydrogen-bond acceptors (Lipinski definition) is 2. The van der Waals surface area contributed by atoms with E-state index >= 15 is 0 Å². The molecule has 1 heterocycles. The number of aliphatic imine (C=N–C) groups is 1. The van der Waals surface area contributed by atoms with Gasteiger partial charge in [-0.2, -0.15) is 0 Å². The first kappa shape index (κ1) is 18.3. The van der Waals surface area contributed by atoms with Gasteiger partial charge in [0.25, 0.3) is 0 Å². The molecule has 1 aromatic rings. The number of nitrogens with zero attached hydrogens (tertiary/aromatic N) is 2. The van der Waals surface area contributed by atoms with Crippen LogP contribution in [-0.2, 0) is 11.2 Å². The second kappa shape index (κ2) is 8.71. The number of rotatable bonds is 5. The molecule has 1 saturated heterocycles. The molecule has 1 aromatic carbocycles. The molecular weight excluding hydrogens is 300 g/mol. The fourth-order valence-corrected chi connectivity index (χ4v) is 3.57. The molecule has 132 valence electrons. The monoisotopic (exact) mass is 330 g/mol. The maximum absolute atomic E-state index is 11.2. The standard InChI is InChI=1S/C19H30N4O/c1-14-9-15(2)11-16(10-14)6-7-22-19(21-3)23-8-4-5-17(13-23)12-18(20)24/h9-11,17H,4-8,12-13H2,1-3H3,(H2,20,24)(H,21,22). The van der Waals surface area contributed by atoms with E-state index in [4.69, 9.17) is 5.73 Å². The van der Waals surface area contributed by atoms with Crippen molar-refractivity contribution in [3.8, 4) is 0 Å². The molecule has 1 amide bonds. The Bertz CT molecular complexity index is 577. The predicted octanol–water partition coefficient (Wildman–Crippen LogP) is 2.01. The Balaban J connectivity index is 1.86. The van der Waals surface area contributed by atoms with E-state index in [0.29, 0.717) is 12.3 Å². The lowest BCUT2D eigenvalue weighted by Crippen LogP contribution is -2.47. The number of nitrogens with two attached hydrogens (primary N) is 1. The van der Waals surface area contributed by atoms with Gasteiger partial charge in [-0.15, -0.1) is 0 Å². The summed E-state index contributed by atoms with van der Waals surface area (Å²) in [5.74, 6) is 1.06. The molecule has 3 N–H and O–H groups in total. The van der Waals surface area contributed by atoms with Crippen LogP contribution in [0.1, 0.15) is 36.0 Å². The maximum Gasteiger partial charge on any atom is 0.217 e. The number of aryl methyl sites for hydroxylation is 2. The van der Waals surface area contributed by atoms with Gasteiger partial charge in [0.2, 0.25) is 5.91 Å². The fraction of sp³-hybridized carbons (Fsp3) is 0.579. The number of carbonyl (C=O) groups excluding carboxylic acids is 1. The van der Waals surface area contributed by atoms with Crippen LogP contribution < -0.4 is 11.1 Å². The van der Waals surface area contributed by atoms with Gasteiger partial charge in [-0.1, -0.05) is 29.3 Å². The van der Waals surface area contributed by atoms with E-state index in [9.17, 15) is 4.79 Å². The zero-order chi connectivity index (χ0) is 17.5. The summed E-state index contributed by atoms with van der Waals surface area (Å²) in [7, 11) is 1.82. The minimum absolute atomic E-state index is 0.209. The number of guanidine groups is 1. The Morgan fingerprint density at radius 3 is 2.67 bits per heavy atom. The van der Waals surface area contributed by atoms with Crippen molar-refractivity contribution in [2.75, 3.05) is 26.7 Å². The highest BCUT2D eigenvalue weighted by atomic mass is 16.1. The lowest BCUT2D eigenvalue weighted by molar-refractivity contribution is -0.119. The average Bonchev–Trinajstić information content (AvgIpc) is 2.50. The first-order chi connectivity index (χ1) is 11.5. The molecule has 1 aliphatic heterocycles. The van der Waals surface area contributed by atoms with E-state index in [1.165, 1.54) is 16.7 Å². The third-order valence-corrected chi connectivity index (χ3v) is 4.50. The Kier molecular flexibility index (Phi) is 6.64. The summed E-state index contributed by atoms with van der Waals surface area (Å²) < 4.78 is 0. The Hall–Kier alpha value is -2.04. The van der Waals surface area contributed by atoms with E-state index in [1.54, 1.807) is 0 Å². The Labute approximate surface area is 145 Å². The van der Waals surface area contributed by atoms with Crippen molar-refractivity contribution in [3.05, 3.63) is 34.9 Å². The van der Waals surface area contributed by atoms with Crippen LogP contribution in [0.15, 0.2) is 23.2 Å². The molecule has 5 heteroatoms. The van der Waals surface area contributed by atoms with Crippen molar-refractivity contribution < 1.29 is 4.79 Å². The summed E-state index contributed by atoms with van der Waals surface area (Å²) in [4.78, 5) is 17.8. The van der Waals surface area contributed by atoms with Crippen molar-refractivity contribution in [1.29, 1.82) is 0 Å². The molecule has 1 atom stereocenters. The number of piperidine rings is 1. The first-order valence-corrected chi connectivity index (χ1v) is 8.79. The molecule has 0 spiro atoms. The van der Waals surface area contributed by atoms with Gasteiger partial charge in [-0.25, -0.2) is 0 Å². The number of nitrogens with one attached hydrogen (secondary N) is 1. The molecule has 0 radical (unpaired) electrons. The van der Waals surface area contributed by atoms with Crippen molar-refractivity contribution >= 4 is 11.9 Å². The van der Waals surface area contributed by atoms with Crippen LogP contribution in [0.5, 0.6) is 0 Å². The van der Waals surface area contributed by atoms with Crippen LogP contribution in [-0.4, -0.2) is 43.4 Å². The maximum atomic E-state index is 11.2. The number of amides is 1. The third-order valence-electron chi connectivity index (χ3n) is 4.50. The molecule has 0 aliphatic carbocycles. The van der Waals surface area contributed by atoms with E-state index in [2.05, 4.69) is 47.3 Å². The van der Waals surface area contributed by atoms with Crippen LogP contribution in [0, 0.1) is 19.8 Å². The summed E-state index contributed by atoms with van der Waals surface area (Å²) in [5, 5.41) is 3.46. The van der Waals surface area contributed by atoms with Gasteiger partial charge < -0.3 is 16.0 Å². The molecule has 1 aliphatic rings. The van der Waals surface area contributed by atoms with Gasteiger partial charge in [-0.05, 0) is 44.6 Å². The van der Waals surface area contributed by atoms with Gasteiger partial charge in [0.1, 0.15) is 0 Å². The summed E-state index contributed by atoms with van der Waals surface area (Å²) >= 11 is 0. The average molecular weight is 330 g/mol.